The third kappa shape index (κ3) is 10.3. The zero-order valence-electron chi connectivity index (χ0n) is 66.3. The number of fused-ring (bicyclic) bond motifs is 15. The molecule has 0 fully saturated rings. The number of rotatable bonds is 7. The normalized spacial score (nSPS) is 12.1. The van der Waals surface area contributed by atoms with Gasteiger partial charge in [0.25, 0.3) is 0 Å². The summed E-state index contributed by atoms with van der Waals surface area (Å²) < 4.78 is 33.8. The van der Waals surface area contributed by atoms with E-state index < -0.39 is 0 Å². The molecule has 0 aliphatic heterocycles. The van der Waals surface area contributed by atoms with Crippen LogP contribution in [-0.2, 0) is 0 Å². The van der Waals surface area contributed by atoms with Crippen LogP contribution in [0, 0.1) is 0 Å². The molecule has 0 bridgehead atoms. The molecule has 28 rings (SSSR count). The summed E-state index contributed by atoms with van der Waals surface area (Å²) in [5, 5.41) is 21.7. The maximum Gasteiger partial charge on any atom is 0.137 e. The minimum Gasteiger partial charge on any atom is -0.456 e. The van der Waals surface area contributed by atoms with E-state index in [1.807, 2.05) is 18.2 Å². The smallest absolute Gasteiger partial charge is 0.137 e. The molecule has 0 atom stereocenters. The minimum atomic E-state index is 0.897. The predicted molar refractivity (Wildman–Crippen MR) is 513 cm³/mol. The highest BCUT2D eigenvalue weighted by molar-refractivity contribution is 6.30. The Labute approximate surface area is 702 Å². The molecule has 0 unspecified atom stereocenters. The zero-order chi connectivity index (χ0) is 80.5. The molecule has 9 nitrogen and oxygen atoms in total. The first kappa shape index (κ1) is 68.4. The van der Waals surface area contributed by atoms with E-state index in [1.54, 1.807) is 0 Å². The lowest BCUT2D eigenvalue weighted by atomic mass is 10.0. The van der Waals surface area contributed by atoms with Crippen molar-refractivity contribution in [2.24, 2.45) is 0 Å². The van der Waals surface area contributed by atoms with Gasteiger partial charge in [-0.1, -0.05) is 237 Å². The second-order valence-corrected chi connectivity index (χ2v) is 32.1. The van der Waals surface area contributed by atoms with E-state index in [0.717, 1.165) is 105 Å². The first-order valence-corrected chi connectivity index (χ1v) is 41.9. The Morgan fingerprint density at radius 1 is 0.122 bits per heavy atom. The van der Waals surface area contributed by atoms with Gasteiger partial charge in [-0.25, -0.2) is 0 Å². The number of para-hydroxylation sites is 9. The van der Waals surface area contributed by atoms with Gasteiger partial charge in [-0.05, 0) is 215 Å². The summed E-state index contributed by atoms with van der Waals surface area (Å²) in [7, 11) is 0. The van der Waals surface area contributed by atoms with E-state index in [9.17, 15) is 0 Å². The second-order valence-electron chi connectivity index (χ2n) is 32.1. The molecular formula is C114H70N6O3. The molecule has 0 saturated heterocycles. The predicted octanol–water partition coefficient (Wildman–Crippen LogP) is 31.0. The van der Waals surface area contributed by atoms with E-state index in [4.69, 9.17) is 13.3 Å². The molecule has 0 aliphatic rings. The Kier molecular flexibility index (Phi) is 15.0. The molecule has 0 N–H and O–H groups in total. The standard InChI is InChI=1S/C42H26N2O.2C36H22N2O/c1-2-10-29(11-3-1)43-35-15-6-4-12-31(35)34-26-28(22-25-36(34)43)27-20-23-30(24-21-27)44-37-16-8-14-33-32-13-5-7-18-39(32)45-40-19-9-17-38(44)42(40)41(33)37;1-4-13-29-25(9-1)26-10-2-5-14-30(26)37(29)23-19-21-24(22-20-23)38-31-15-7-12-28-27-11-3-6-17-33(27)39-34-18-8-16-32(38)36(34)35(28)31;1-2-10-23(11-3-1)37-29-15-6-4-12-25(29)28-22-24(20-21-30(28)37)38-31-16-8-14-27-26-13-5-7-18-33(26)39-34-19-9-17-32(38)36(34)35(27)31/h1-26H;2*1-22H. The van der Waals surface area contributed by atoms with Gasteiger partial charge in [0.1, 0.15) is 33.5 Å². The lowest BCUT2D eigenvalue weighted by molar-refractivity contribution is 0.663. The van der Waals surface area contributed by atoms with Gasteiger partial charge >= 0.3 is 0 Å². The van der Waals surface area contributed by atoms with E-state index in [2.05, 4.69) is 434 Å². The topological polar surface area (TPSA) is 69.0 Å². The molecule has 123 heavy (non-hydrogen) atoms. The number of hydrogen-bond acceptors (Lipinski definition) is 3. The van der Waals surface area contributed by atoms with E-state index in [-0.39, 0.29) is 0 Å². The fourth-order valence-electron chi connectivity index (χ4n) is 20.4. The molecule has 9 heterocycles. The minimum absolute atomic E-state index is 0.897. The van der Waals surface area contributed by atoms with Crippen molar-refractivity contribution in [2.45, 2.75) is 0 Å². The zero-order valence-corrected chi connectivity index (χ0v) is 66.3. The molecule has 9 heteroatoms. The highest BCUT2D eigenvalue weighted by Crippen LogP contribution is 2.47. The van der Waals surface area contributed by atoms with Gasteiger partial charge in [0.2, 0.25) is 0 Å². The molecular weight excluding hydrogens is 1500 g/mol. The Morgan fingerprint density at radius 3 is 0.732 bits per heavy atom. The molecule has 19 aromatic carbocycles. The van der Waals surface area contributed by atoms with Crippen molar-refractivity contribution in [3.05, 3.63) is 425 Å². The summed E-state index contributed by atoms with van der Waals surface area (Å²) in [6.07, 6.45) is 0. The Hall–Kier alpha value is -16.6. The van der Waals surface area contributed by atoms with Gasteiger partial charge in [-0.15, -0.1) is 0 Å². The highest BCUT2D eigenvalue weighted by Gasteiger charge is 2.25. The highest BCUT2D eigenvalue weighted by atomic mass is 16.3. The van der Waals surface area contributed by atoms with Crippen LogP contribution in [0.3, 0.4) is 0 Å². The number of nitrogens with zero attached hydrogens (tertiary/aromatic N) is 6. The molecule has 574 valence electrons. The van der Waals surface area contributed by atoms with Crippen molar-refractivity contribution in [2.75, 3.05) is 0 Å². The van der Waals surface area contributed by atoms with Crippen LogP contribution in [0.2, 0.25) is 0 Å². The van der Waals surface area contributed by atoms with Crippen LogP contribution in [-0.4, -0.2) is 27.4 Å². The van der Waals surface area contributed by atoms with Crippen molar-refractivity contribution in [3.63, 3.8) is 0 Å². The van der Waals surface area contributed by atoms with Crippen molar-refractivity contribution < 1.29 is 13.3 Å². The lowest BCUT2D eigenvalue weighted by Gasteiger charge is -2.12. The van der Waals surface area contributed by atoms with Crippen LogP contribution < -0.4 is 0 Å². The van der Waals surface area contributed by atoms with E-state index in [0.29, 0.717) is 0 Å². The van der Waals surface area contributed by atoms with Crippen molar-refractivity contribution in [1.29, 1.82) is 0 Å². The lowest BCUT2D eigenvalue weighted by Crippen LogP contribution is -1.97. The molecule has 28 aromatic rings. The fraction of sp³-hybridized carbons (Fsp3) is 0. The van der Waals surface area contributed by atoms with Crippen LogP contribution in [0.5, 0.6) is 0 Å². The van der Waals surface area contributed by atoms with Gasteiger partial charge < -0.3 is 40.7 Å². The van der Waals surface area contributed by atoms with Gasteiger partial charge in [0, 0.05) is 98.8 Å². The average molecular weight is 1570 g/mol. The first-order chi connectivity index (χ1) is 61.1. The quantitative estimate of drug-likeness (QED) is 0.160. The maximum atomic E-state index is 6.53. The fourth-order valence-corrected chi connectivity index (χ4v) is 20.4. The second kappa shape index (κ2) is 27.0. The summed E-state index contributed by atoms with van der Waals surface area (Å²) in [5.74, 6) is 0. The first-order valence-electron chi connectivity index (χ1n) is 41.9. The summed E-state index contributed by atoms with van der Waals surface area (Å²) in [6.45, 7) is 0. The van der Waals surface area contributed by atoms with E-state index in [1.165, 1.54) is 137 Å². The Bertz CT molecular complexity index is 9140. The summed E-state index contributed by atoms with van der Waals surface area (Å²) in [4.78, 5) is 0. The van der Waals surface area contributed by atoms with Crippen LogP contribution in [0.1, 0.15) is 0 Å². The van der Waals surface area contributed by atoms with Crippen LogP contribution in [0.15, 0.2) is 438 Å². The van der Waals surface area contributed by atoms with Crippen LogP contribution in [0.25, 0.3) is 242 Å². The summed E-state index contributed by atoms with van der Waals surface area (Å²) in [6, 6.07) is 151. The Morgan fingerprint density at radius 2 is 0.350 bits per heavy atom. The van der Waals surface area contributed by atoms with Gasteiger partial charge in [-0.3, -0.25) is 0 Å². The number of hydrogen-bond donors (Lipinski definition) is 0. The van der Waals surface area contributed by atoms with Crippen molar-refractivity contribution >= 4 is 197 Å². The van der Waals surface area contributed by atoms with Crippen molar-refractivity contribution in [3.8, 4) is 45.3 Å². The van der Waals surface area contributed by atoms with Gasteiger partial charge in [0.15, 0.2) is 0 Å². The molecule has 0 saturated carbocycles. The van der Waals surface area contributed by atoms with E-state index >= 15 is 0 Å². The third-order valence-electron chi connectivity index (χ3n) is 25.5. The molecule has 0 spiro atoms. The molecule has 0 radical (unpaired) electrons. The Balaban J connectivity index is 0.0000000993. The maximum absolute atomic E-state index is 6.53. The van der Waals surface area contributed by atoms with Gasteiger partial charge in [-0.2, -0.15) is 0 Å². The number of aromatic nitrogens is 6. The average Bonchev–Trinajstić information content (AvgIpc) is 1.69. The number of benzene rings is 19. The summed E-state index contributed by atoms with van der Waals surface area (Å²) >= 11 is 0. The van der Waals surface area contributed by atoms with Crippen LogP contribution in [0.4, 0.5) is 0 Å². The molecule has 0 amide bonds. The monoisotopic (exact) mass is 1570 g/mol. The third-order valence-corrected chi connectivity index (χ3v) is 25.5. The van der Waals surface area contributed by atoms with Crippen molar-refractivity contribution in [1.82, 2.24) is 27.4 Å². The largest absolute Gasteiger partial charge is 0.456 e. The van der Waals surface area contributed by atoms with Gasteiger partial charge in [0.05, 0.1) is 82.4 Å². The van der Waals surface area contributed by atoms with Crippen LogP contribution >= 0.6 is 0 Å². The molecule has 0 aliphatic carbocycles. The molecule has 9 aromatic heterocycles. The SMILES string of the molecule is c1ccc(-n2c3ccccc3c3cc(-c4ccc(-n5c6cccc7oc8ccccc8c8cccc5c8c76)cc4)ccc32)cc1.c1ccc(-n2c3ccccc3c3cc(-n4c5cccc6oc7ccccc7c7cccc4c7c65)ccc32)cc1.c1ccc2c(c1)oc1cccc3c1c1c2cccc1n3-c1ccc(-n2c3ccccc3c3ccccc32)cc1. The summed E-state index contributed by atoms with van der Waals surface area (Å²) in [5.41, 5.74) is 28.9.